The number of hydrogen-bond acceptors (Lipinski definition) is 3. The van der Waals surface area contributed by atoms with Gasteiger partial charge in [0.15, 0.2) is 0 Å². The normalized spacial score (nSPS) is 11.9. The smallest absolute Gasteiger partial charge is 0.260 e. The second-order valence-electron chi connectivity index (χ2n) is 5.64. The van der Waals surface area contributed by atoms with Crippen LogP contribution in [0.5, 0.6) is 0 Å². The average Bonchev–Trinajstić information content (AvgIpc) is 3.09. The highest BCUT2D eigenvalue weighted by molar-refractivity contribution is 5.94. The number of H-pyrrole nitrogens is 1. The van der Waals surface area contributed by atoms with Crippen molar-refractivity contribution >= 4 is 5.91 Å². The van der Waals surface area contributed by atoms with Crippen molar-refractivity contribution in [1.29, 1.82) is 0 Å². The standard InChI is InChI=1S/C18H18N4O2/c1-12-3-8-16(17(23)20-12)18(24)21-13(2)14-4-6-15(7-5-14)22-10-9-19-11-22/h3-11,13H,1-2H3,(H,20,23)(H,21,24)/t13-/m0/s1. The number of hydrogen-bond donors (Lipinski definition) is 2. The van der Waals surface area contributed by atoms with E-state index < -0.39 is 0 Å². The number of rotatable bonds is 4. The predicted molar refractivity (Wildman–Crippen MR) is 91.2 cm³/mol. The SMILES string of the molecule is Cc1ccc(C(=O)N[C@@H](C)c2ccc(-n3ccnc3)cc2)c(=O)[nH]1. The van der Waals surface area contributed by atoms with E-state index in [9.17, 15) is 9.59 Å². The van der Waals surface area contributed by atoms with Crippen molar-refractivity contribution in [2.45, 2.75) is 19.9 Å². The van der Waals surface area contributed by atoms with E-state index >= 15 is 0 Å². The first-order valence-electron chi connectivity index (χ1n) is 7.63. The van der Waals surface area contributed by atoms with Crippen molar-refractivity contribution in [1.82, 2.24) is 19.9 Å². The monoisotopic (exact) mass is 322 g/mol. The van der Waals surface area contributed by atoms with Crippen LogP contribution in [0.2, 0.25) is 0 Å². The molecule has 1 aromatic carbocycles. The van der Waals surface area contributed by atoms with E-state index in [1.807, 2.05) is 42.0 Å². The van der Waals surface area contributed by atoms with E-state index in [0.29, 0.717) is 0 Å². The van der Waals surface area contributed by atoms with Crippen molar-refractivity contribution in [2.24, 2.45) is 0 Å². The molecular weight excluding hydrogens is 304 g/mol. The zero-order chi connectivity index (χ0) is 17.1. The second kappa shape index (κ2) is 6.54. The molecule has 0 spiro atoms. The molecule has 0 saturated heterocycles. The molecule has 2 aromatic heterocycles. The maximum Gasteiger partial charge on any atom is 0.260 e. The molecule has 2 N–H and O–H groups in total. The van der Waals surface area contributed by atoms with Crippen LogP contribution in [0, 0.1) is 6.92 Å². The largest absolute Gasteiger partial charge is 0.345 e. The van der Waals surface area contributed by atoms with Gasteiger partial charge in [-0.3, -0.25) is 9.59 Å². The number of aromatic amines is 1. The fourth-order valence-corrected chi connectivity index (χ4v) is 2.46. The van der Waals surface area contributed by atoms with Crippen LogP contribution in [-0.4, -0.2) is 20.4 Å². The van der Waals surface area contributed by atoms with Gasteiger partial charge < -0.3 is 14.9 Å². The van der Waals surface area contributed by atoms with Gasteiger partial charge in [0.05, 0.1) is 12.4 Å². The second-order valence-corrected chi connectivity index (χ2v) is 5.64. The molecule has 0 saturated carbocycles. The molecule has 0 bridgehead atoms. The quantitative estimate of drug-likeness (QED) is 0.774. The van der Waals surface area contributed by atoms with Gasteiger partial charge >= 0.3 is 0 Å². The maximum atomic E-state index is 12.3. The predicted octanol–water partition coefficient (Wildman–Crippen LogP) is 2.36. The van der Waals surface area contributed by atoms with Gasteiger partial charge in [0, 0.05) is 23.8 Å². The van der Waals surface area contributed by atoms with E-state index in [0.717, 1.165) is 16.9 Å². The third-order valence-electron chi connectivity index (χ3n) is 3.84. The highest BCUT2D eigenvalue weighted by Crippen LogP contribution is 2.16. The molecule has 0 radical (unpaired) electrons. The van der Waals surface area contributed by atoms with Crippen molar-refractivity contribution in [2.75, 3.05) is 0 Å². The summed E-state index contributed by atoms with van der Waals surface area (Å²) >= 11 is 0. The zero-order valence-electron chi connectivity index (χ0n) is 13.5. The number of aromatic nitrogens is 3. The Morgan fingerprint density at radius 2 is 1.96 bits per heavy atom. The number of aryl methyl sites for hydroxylation is 1. The molecule has 3 aromatic rings. The third kappa shape index (κ3) is 3.27. The van der Waals surface area contributed by atoms with Gasteiger partial charge in [-0.2, -0.15) is 0 Å². The number of amides is 1. The van der Waals surface area contributed by atoms with Crippen molar-refractivity contribution in [3.05, 3.63) is 82.3 Å². The Morgan fingerprint density at radius 1 is 1.21 bits per heavy atom. The Labute approximate surface area is 139 Å². The van der Waals surface area contributed by atoms with Gasteiger partial charge in [-0.15, -0.1) is 0 Å². The minimum Gasteiger partial charge on any atom is -0.345 e. The van der Waals surface area contributed by atoms with Crippen molar-refractivity contribution < 1.29 is 4.79 Å². The highest BCUT2D eigenvalue weighted by atomic mass is 16.2. The highest BCUT2D eigenvalue weighted by Gasteiger charge is 2.14. The average molecular weight is 322 g/mol. The van der Waals surface area contributed by atoms with Crippen molar-refractivity contribution in [3.8, 4) is 5.69 Å². The summed E-state index contributed by atoms with van der Waals surface area (Å²) in [6, 6.07) is 10.8. The van der Waals surface area contributed by atoms with Gasteiger partial charge in [0.25, 0.3) is 11.5 Å². The minimum absolute atomic E-state index is 0.113. The molecule has 1 amide bonds. The Hall–Kier alpha value is -3.15. The molecule has 122 valence electrons. The van der Waals surface area contributed by atoms with E-state index in [2.05, 4.69) is 15.3 Å². The van der Waals surface area contributed by atoms with Crippen LogP contribution in [0.25, 0.3) is 5.69 Å². The lowest BCUT2D eigenvalue weighted by molar-refractivity contribution is 0.0938. The maximum absolute atomic E-state index is 12.3. The lowest BCUT2D eigenvalue weighted by Crippen LogP contribution is -2.31. The number of nitrogens with one attached hydrogen (secondary N) is 2. The molecule has 0 unspecified atom stereocenters. The molecule has 0 fully saturated rings. The molecule has 2 heterocycles. The first kappa shape index (κ1) is 15.7. The van der Waals surface area contributed by atoms with E-state index in [1.165, 1.54) is 0 Å². The molecule has 0 aliphatic carbocycles. The van der Waals surface area contributed by atoms with Crippen LogP contribution in [0.1, 0.15) is 34.6 Å². The zero-order valence-corrected chi connectivity index (χ0v) is 13.5. The van der Waals surface area contributed by atoms with Crippen molar-refractivity contribution in [3.63, 3.8) is 0 Å². The molecule has 0 aliphatic rings. The molecule has 6 nitrogen and oxygen atoms in total. The molecule has 24 heavy (non-hydrogen) atoms. The number of carbonyl (C=O) groups is 1. The summed E-state index contributed by atoms with van der Waals surface area (Å²) < 4.78 is 1.90. The number of carbonyl (C=O) groups excluding carboxylic acids is 1. The van der Waals surface area contributed by atoms with Crippen LogP contribution in [-0.2, 0) is 0 Å². The Morgan fingerprint density at radius 3 is 2.58 bits per heavy atom. The molecule has 1 atom stereocenters. The lowest BCUT2D eigenvalue weighted by Gasteiger charge is -2.15. The minimum atomic E-state index is -0.387. The van der Waals surface area contributed by atoms with Gasteiger partial charge in [-0.1, -0.05) is 12.1 Å². The molecular formula is C18H18N4O2. The van der Waals surface area contributed by atoms with E-state index in [4.69, 9.17) is 0 Å². The molecule has 0 aliphatic heterocycles. The van der Waals surface area contributed by atoms with E-state index in [-0.39, 0.29) is 23.1 Å². The van der Waals surface area contributed by atoms with Crippen LogP contribution >= 0.6 is 0 Å². The summed E-state index contributed by atoms with van der Waals surface area (Å²) in [5, 5.41) is 2.85. The summed E-state index contributed by atoms with van der Waals surface area (Å²) in [5.74, 6) is -0.387. The number of pyridine rings is 1. The Bertz CT molecular complexity index is 896. The molecule has 3 rings (SSSR count). The van der Waals surface area contributed by atoms with E-state index in [1.54, 1.807) is 31.6 Å². The number of imidazole rings is 1. The third-order valence-corrected chi connectivity index (χ3v) is 3.84. The first-order chi connectivity index (χ1) is 11.5. The summed E-state index contributed by atoms with van der Waals surface area (Å²) in [4.78, 5) is 30.8. The Kier molecular flexibility index (Phi) is 4.29. The summed E-state index contributed by atoms with van der Waals surface area (Å²) in [6.07, 6.45) is 5.31. The van der Waals surface area contributed by atoms with Gasteiger partial charge in [0.2, 0.25) is 0 Å². The first-order valence-corrected chi connectivity index (χ1v) is 7.63. The fraction of sp³-hybridized carbons (Fsp3) is 0.167. The van der Waals surface area contributed by atoms with Gasteiger partial charge in [0.1, 0.15) is 5.56 Å². The van der Waals surface area contributed by atoms with Crippen LogP contribution in [0.4, 0.5) is 0 Å². The van der Waals surface area contributed by atoms with Gasteiger partial charge in [-0.05, 0) is 43.7 Å². The lowest BCUT2D eigenvalue weighted by atomic mass is 10.1. The summed E-state index contributed by atoms with van der Waals surface area (Å²) in [5.41, 5.74) is 2.40. The topological polar surface area (TPSA) is 79.8 Å². The summed E-state index contributed by atoms with van der Waals surface area (Å²) in [7, 11) is 0. The van der Waals surface area contributed by atoms with Crippen LogP contribution in [0.15, 0.2) is 59.9 Å². The van der Waals surface area contributed by atoms with Gasteiger partial charge in [-0.25, -0.2) is 4.98 Å². The summed E-state index contributed by atoms with van der Waals surface area (Å²) in [6.45, 7) is 3.65. The van der Waals surface area contributed by atoms with Crippen LogP contribution in [0.3, 0.4) is 0 Å². The fourth-order valence-electron chi connectivity index (χ4n) is 2.46. The molecule has 6 heteroatoms. The number of benzene rings is 1. The Balaban J connectivity index is 1.73. The number of nitrogens with zero attached hydrogens (tertiary/aromatic N) is 2. The van der Waals surface area contributed by atoms with Crippen LogP contribution < -0.4 is 10.9 Å².